The van der Waals surface area contributed by atoms with Crippen LogP contribution < -0.4 is 5.73 Å². The summed E-state index contributed by atoms with van der Waals surface area (Å²) < 4.78 is 0. The first-order chi connectivity index (χ1) is 13.7. The molecule has 0 fully saturated rings. The maximum atomic E-state index is 13.2. The molecule has 136 valence electrons. The molecule has 5 heteroatoms. The lowest BCUT2D eigenvalue weighted by molar-refractivity contribution is 0.103. The molecule has 4 aromatic rings. The largest absolute Gasteiger partial charge is 0.385 e. The summed E-state index contributed by atoms with van der Waals surface area (Å²) >= 11 is 0. The fraction of sp³-hybridized carbons (Fsp3) is 0. The van der Waals surface area contributed by atoms with E-state index < -0.39 is 0 Å². The monoisotopic (exact) mass is 367 g/mol. The number of ketones is 2. The van der Waals surface area contributed by atoms with E-state index in [1.165, 1.54) is 0 Å². The number of nitrogens with two attached hydrogens (primary N) is 1. The normalized spacial score (nSPS) is 10.6. The Kier molecular flexibility index (Phi) is 4.56. The number of hydrogen-bond donors (Lipinski definition) is 2. The van der Waals surface area contributed by atoms with Gasteiger partial charge in [-0.05, 0) is 6.07 Å². The predicted octanol–water partition coefficient (Wildman–Crippen LogP) is 4.12. The third-order valence-corrected chi connectivity index (χ3v) is 4.51. The molecule has 0 aliphatic carbocycles. The highest BCUT2D eigenvalue weighted by molar-refractivity contribution is 6.21. The summed E-state index contributed by atoms with van der Waals surface area (Å²) in [6.45, 7) is 0. The molecule has 0 saturated carbocycles. The number of aromatic amines is 1. The quantitative estimate of drug-likeness (QED) is 0.519. The predicted molar refractivity (Wildman–Crippen MR) is 108 cm³/mol. The SMILES string of the molecule is Nc1[nH]c(C(=O)c2ccccc2)c(-c2cccnc2)c1C(=O)c1ccccc1. The average molecular weight is 367 g/mol. The van der Waals surface area contributed by atoms with Gasteiger partial charge in [0.2, 0.25) is 5.78 Å². The van der Waals surface area contributed by atoms with Gasteiger partial charge in [0.1, 0.15) is 5.82 Å². The van der Waals surface area contributed by atoms with Crippen LogP contribution in [0.2, 0.25) is 0 Å². The van der Waals surface area contributed by atoms with E-state index in [0.717, 1.165) is 0 Å². The minimum absolute atomic E-state index is 0.159. The lowest BCUT2D eigenvalue weighted by Crippen LogP contribution is -2.06. The van der Waals surface area contributed by atoms with Crippen LogP contribution in [0.15, 0.2) is 85.2 Å². The fourth-order valence-electron chi connectivity index (χ4n) is 3.19. The van der Waals surface area contributed by atoms with Crippen molar-refractivity contribution in [2.45, 2.75) is 0 Å². The highest BCUT2D eigenvalue weighted by Gasteiger charge is 2.27. The van der Waals surface area contributed by atoms with Gasteiger partial charge in [-0.25, -0.2) is 0 Å². The van der Waals surface area contributed by atoms with Crippen molar-refractivity contribution in [2.75, 3.05) is 5.73 Å². The van der Waals surface area contributed by atoms with E-state index in [1.54, 1.807) is 73.1 Å². The molecule has 0 aliphatic heterocycles. The minimum atomic E-state index is -0.250. The number of H-pyrrole nitrogens is 1. The van der Waals surface area contributed by atoms with Gasteiger partial charge in [0, 0.05) is 34.6 Å². The first kappa shape index (κ1) is 17.4. The molecule has 4 rings (SSSR count). The van der Waals surface area contributed by atoms with Gasteiger partial charge in [0.25, 0.3) is 0 Å². The second-order valence-corrected chi connectivity index (χ2v) is 6.30. The summed E-state index contributed by atoms with van der Waals surface area (Å²) in [5.41, 5.74) is 8.85. The van der Waals surface area contributed by atoms with Crippen molar-refractivity contribution in [1.82, 2.24) is 9.97 Å². The van der Waals surface area contributed by atoms with Crippen LogP contribution in [0.5, 0.6) is 0 Å². The number of nitrogens with one attached hydrogen (secondary N) is 1. The van der Waals surface area contributed by atoms with Crippen LogP contribution in [-0.4, -0.2) is 21.5 Å². The van der Waals surface area contributed by atoms with Gasteiger partial charge in [-0.3, -0.25) is 14.6 Å². The average Bonchev–Trinajstić information content (AvgIpc) is 3.11. The van der Waals surface area contributed by atoms with Crippen molar-refractivity contribution in [3.63, 3.8) is 0 Å². The number of hydrogen-bond acceptors (Lipinski definition) is 4. The molecule has 2 aromatic heterocycles. The maximum absolute atomic E-state index is 13.2. The first-order valence-electron chi connectivity index (χ1n) is 8.78. The van der Waals surface area contributed by atoms with Gasteiger partial charge >= 0.3 is 0 Å². The van der Waals surface area contributed by atoms with Crippen LogP contribution in [-0.2, 0) is 0 Å². The lowest BCUT2D eigenvalue weighted by atomic mass is 9.94. The molecule has 0 atom stereocenters. The van der Waals surface area contributed by atoms with Crippen molar-refractivity contribution in [1.29, 1.82) is 0 Å². The number of pyridine rings is 1. The third-order valence-electron chi connectivity index (χ3n) is 4.51. The van der Waals surface area contributed by atoms with E-state index >= 15 is 0 Å². The Labute approximate surface area is 161 Å². The number of rotatable bonds is 5. The number of anilines is 1. The third kappa shape index (κ3) is 3.10. The molecule has 3 N–H and O–H groups in total. The second-order valence-electron chi connectivity index (χ2n) is 6.30. The summed E-state index contributed by atoms with van der Waals surface area (Å²) in [4.78, 5) is 33.4. The van der Waals surface area contributed by atoms with E-state index in [2.05, 4.69) is 9.97 Å². The Morgan fingerprint density at radius 3 is 1.96 bits per heavy atom. The molecule has 0 radical (unpaired) electrons. The molecule has 2 aromatic carbocycles. The highest BCUT2D eigenvalue weighted by atomic mass is 16.1. The molecule has 28 heavy (non-hydrogen) atoms. The van der Waals surface area contributed by atoms with Gasteiger partial charge < -0.3 is 10.7 Å². The van der Waals surface area contributed by atoms with Crippen LogP contribution in [0, 0.1) is 0 Å². The number of nitrogens with zero attached hydrogens (tertiary/aromatic N) is 1. The van der Waals surface area contributed by atoms with Crippen LogP contribution >= 0.6 is 0 Å². The van der Waals surface area contributed by atoms with E-state index in [9.17, 15) is 9.59 Å². The highest BCUT2D eigenvalue weighted by Crippen LogP contribution is 2.34. The van der Waals surface area contributed by atoms with Gasteiger partial charge in [-0.2, -0.15) is 0 Å². The number of benzene rings is 2. The van der Waals surface area contributed by atoms with Gasteiger partial charge in [0.05, 0.1) is 11.3 Å². The van der Waals surface area contributed by atoms with Crippen molar-refractivity contribution in [3.8, 4) is 11.1 Å². The first-order valence-corrected chi connectivity index (χ1v) is 8.78. The number of aromatic nitrogens is 2. The Hall–Kier alpha value is -3.99. The zero-order chi connectivity index (χ0) is 19.5. The molecule has 0 spiro atoms. The standard InChI is InChI=1S/C23H17N3O2/c24-23-19(21(27)15-8-3-1-4-9-15)18(17-12-7-13-25-14-17)20(26-23)22(28)16-10-5-2-6-11-16/h1-14,26H,24H2. The topological polar surface area (TPSA) is 88.8 Å². The molecular formula is C23H17N3O2. The molecule has 2 heterocycles. The molecular weight excluding hydrogens is 350 g/mol. The van der Waals surface area contributed by atoms with E-state index in [-0.39, 0.29) is 28.6 Å². The Bertz CT molecular complexity index is 1130. The van der Waals surface area contributed by atoms with Gasteiger partial charge in [-0.1, -0.05) is 66.7 Å². The molecule has 0 bridgehead atoms. The summed E-state index contributed by atoms with van der Waals surface area (Å²) in [5.74, 6) is -0.328. The van der Waals surface area contributed by atoms with Crippen molar-refractivity contribution >= 4 is 17.4 Å². The van der Waals surface area contributed by atoms with Crippen molar-refractivity contribution in [2.24, 2.45) is 0 Å². The summed E-state index contributed by atoms with van der Waals surface area (Å²) in [6.07, 6.45) is 3.25. The Balaban J connectivity index is 1.93. The summed E-state index contributed by atoms with van der Waals surface area (Å²) in [6, 6.07) is 21.3. The van der Waals surface area contributed by atoms with Crippen LogP contribution in [0.1, 0.15) is 32.0 Å². The minimum Gasteiger partial charge on any atom is -0.385 e. The molecule has 0 aliphatic rings. The number of carbonyl (C=O) groups is 2. The molecule has 0 saturated heterocycles. The van der Waals surface area contributed by atoms with Crippen LogP contribution in [0.3, 0.4) is 0 Å². The number of carbonyl (C=O) groups excluding carboxylic acids is 2. The zero-order valence-corrected chi connectivity index (χ0v) is 14.9. The fourth-order valence-corrected chi connectivity index (χ4v) is 3.19. The smallest absolute Gasteiger partial charge is 0.209 e. The van der Waals surface area contributed by atoms with Gasteiger partial charge in [0.15, 0.2) is 5.78 Å². The Morgan fingerprint density at radius 1 is 0.786 bits per heavy atom. The molecule has 0 unspecified atom stereocenters. The second kappa shape index (κ2) is 7.32. The van der Waals surface area contributed by atoms with Crippen LogP contribution in [0.25, 0.3) is 11.1 Å². The maximum Gasteiger partial charge on any atom is 0.209 e. The van der Waals surface area contributed by atoms with Crippen LogP contribution in [0.4, 0.5) is 5.82 Å². The summed E-state index contributed by atoms with van der Waals surface area (Å²) in [5, 5.41) is 0. The molecule has 5 nitrogen and oxygen atoms in total. The Morgan fingerprint density at radius 2 is 1.39 bits per heavy atom. The van der Waals surface area contributed by atoms with Gasteiger partial charge in [-0.15, -0.1) is 0 Å². The lowest BCUT2D eigenvalue weighted by Gasteiger charge is -2.07. The van der Waals surface area contributed by atoms with Crippen molar-refractivity contribution in [3.05, 3.63) is 108 Å². The van der Waals surface area contributed by atoms with Crippen molar-refractivity contribution < 1.29 is 9.59 Å². The van der Waals surface area contributed by atoms with E-state index in [4.69, 9.17) is 5.73 Å². The van der Waals surface area contributed by atoms with E-state index in [0.29, 0.717) is 22.3 Å². The molecule has 0 amide bonds. The number of nitrogen functional groups attached to an aromatic ring is 1. The van der Waals surface area contributed by atoms with E-state index in [1.807, 2.05) is 12.1 Å². The zero-order valence-electron chi connectivity index (χ0n) is 14.9. The summed E-state index contributed by atoms with van der Waals surface area (Å²) in [7, 11) is 0.